The Hall–Kier alpha value is -2.71. The number of sulfonamides is 1. The molecule has 29 heavy (non-hydrogen) atoms. The zero-order valence-corrected chi connectivity index (χ0v) is 17.6. The molecule has 3 rings (SSSR count). The third kappa shape index (κ3) is 4.65. The molecule has 0 fully saturated rings. The van der Waals surface area contributed by atoms with E-state index in [-0.39, 0.29) is 17.3 Å². The van der Waals surface area contributed by atoms with Gasteiger partial charge in [0.05, 0.1) is 11.4 Å². The first-order valence-corrected chi connectivity index (χ1v) is 10.9. The van der Waals surface area contributed by atoms with Crippen molar-refractivity contribution in [3.8, 4) is 0 Å². The molecule has 1 aliphatic rings. The first kappa shape index (κ1) is 21.0. The van der Waals surface area contributed by atoms with Gasteiger partial charge >= 0.3 is 0 Å². The second-order valence-corrected chi connectivity index (χ2v) is 9.32. The number of hydrogen-bond donors (Lipinski definition) is 2. The van der Waals surface area contributed by atoms with Crippen LogP contribution in [0.2, 0.25) is 0 Å². The summed E-state index contributed by atoms with van der Waals surface area (Å²) in [7, 11) is -2.46. The zero-order valence-electron chi connectivity index (χ0n) is 16.8. The molecule has 0 aromatic heterocycles. The topological polar surface area (TPSA) is 95.6 Å². The van der Waals surface area contributed by atoms with Gasteiger partial charge < -0.3 is 10.6 Å². The zero-order chi connectivity index (χ0) is 21.2. The second-order valence-electron chi connectivity index (χ2n) is 7.28. The van der Waals surface area contributed by atoms with Crippen molar-refractivity contribution in [2.75, 3.05) is 24.2 Å². The van der Waals surface area contributed by atoms with Gasteiger partial charge in [-0.05, 0) is 67.6 Å². The Bertz CT molecular complexity index is 1060. The number of nitrogens with zero attached hydrogens (tertiary/aromatic N) is 1. The van der Waals surface area contributed by atoms with Gasteiger partial charge in [0.2, 0.25) is 21.8 Å². The number of anilines is 2. The lowest BCUT2D eigenvalue weighted by Gasteiger charge is -2.19. The monoisotopic (exact) mass is 415 g/mol. The van der Waals surface area contributed by atoms with Gasteiger partial charge in [0.1, 0.15) is 0 Å². The minimum atomic E-state index is -3.84. The summed E-state index contributed by atoms with van der Waals surface area (Å²) in [4.78, 5) is 24.2. The van der Waals surface area contributed by atoms with Gasteiger partial charge in [-0.25, -0.2) is 8.42 Å². The number of aryl methyl sites for hydroxylation is 2. The Morgan fingerprint density at radius 3 is 2.69 bits per heavy atom. The molecule has 0 bridgehead atoms. The maximum atomic E-state index is 12.9. The normalized spacial score (nSPS) is 14.1. The molecule has 1 aliphatic heterocycles. The van der Waals surface area contributed by atoms with E-state index < -0.39 is 15.9 Å². The van der Waals surface area contributed by atoms with E-state index in [0.29, 0.717) is 30.6 Å². The molecule has 2 aromatic rings. The maximum Gasteiger partial charge on any atom is 0.243 e. The molecule has 0 aliphatic carbocycles. The molecule has 2 N–H and O–H groups in total. The van der Waals surface area contributed by atoms with Crippen molar-refractivity contribution < 1.29 is 18.0 Å². The maximum absolute atomic E-state index is 12.9. The van der Waals surface area contributed by atoms with E-state index in [0.717, 1.165) is 21.0 Å². The lowest BCUT2D eigenvalue weighted by atomic mass is 10.1. The van der Waals surface area contributed by atoms with Crippen LogP contribution in [0.15, 0.2) is 41.3 Å². The number of likely N-dealkylation sites (N-methyl/N-ethyl adjacent to an activating group) is 1. The summed E-state index contributed by atoms with van der Waals surface area (Å²) in [6, 6.07) is 10.2. The summed E-state index contributed by atoms with van der Waals surface area (Å²) in [5, 5.41) is 5.56. The number of carbonyl (C=O) groups is 2. The lowest BCUT2D eigenvalue weighted by molar-refractivity contribution is -0.117. The molecule has 0 unspecified atom stereocenters. The van der Waals surface area contributed by atoms with Crippen molar-refractivity contribution in [2.24, 2.45) is 0 Å². The number of rotatable bonds is 5. The van der Waals surface area contributed by atoms with E-state index in [2.05, 4.69) is 10.6 Å². The average molecular weight is 416 g/mol. The Morgan fingerprint density at radius 2 is 1.93 bits per heavy atom. The number of hydrogen-bond acceptors (Lipinski definition) is 4. The van der Waals surface area contributed by atoms with Crippen LogP contribution in [0.3, 0.4) is 0 Å². The molecule has 0 radical (unpaired) electrons. The van der Waals surface area contributed by atoms with Crippen molar-refractivity contribution in [2.45, 2.75) is 38.0 Å². The minimum absolute atomic E-state index is 0.0698. The highest BCUT2D eigenvalue weighted by Crippen LogP contribution is 2.26. The van der Waals surface area contributed by atoms with Crippen LogP contribution in [0.4, 0.5) is 11.4 Å². The molecule has 2 aromatic carbocycles. The molecule has 2 amide bonds. The molecular weight excluding hydrogens is 390 g/mol. The first-order chi connectivity index (χ1) is 13.7. The van der Waals surface area contributed by atoms with Gasteiger partial charge in [-0.3, -0.25) is 9.59 Å². The standard InChI is InChI=1S/C21H25N3O4S/c1-14-6-4-8-18(15(14)2)22-21(26)13-24(3)29(27,28)17-10-11-19-16(12-17)7-5-9-20(25)23-19/h4,6,8,10-12H,5,7,9,13H2,1-3H3,(H,22,26)(H,23,25). The first-order valence-electron chi connectivity index (χ1n) is 9.43. The molecule has 0 spiro atoms. The van der Waals surface area contributed by atoms with Crippen molar-refractivity contribution >= 4 is 33.2 Å². The smallest absolute Gasteiger partial charge is 0.243 e. The predicted molar refractivity (Wildman–Crippen MR) is 112 cm³/mol. The van der Waals surface area contributed by atoms with Gasteiger partial charge in [0, 0.05) is 24.8 Å². The molecule has 8 heteroatoms. The minimum Gasteiger partial charge on any atom is -0.326 e. The highest BCUT2D eigenvalue weighted by Gasteiger charge is 2.25. The van der Waals surface area contributed by atoms with Crippen LogP contribution in [0, 0.1) is 13.8 Å². The van der Waals surface area contributed by atoms with Gasteiger partial charge in [-0.15, -0.1) is 0 Å². The van der Waals surface area contributed by atoms with Crippen LogP contribution >= 0.6 is 0 Å². The molecule has 0 atom stereocenters. The summed E-state index contributed by atoms with van der Waals surface area (Å²) in [5.74, 6) is -0.480. The molecule has 7 nitrogen and oxygen atoms in total. The van der Waals surface area contributed by atoms with Crippen LogP contribution in [0.5, 0.6) is 0 Å². The highest BCUT2D eigenvalue weighted by molar-refractivity contribution is 7.89. The highest BCUT2D eigenvalue weighted by atomic mass is 32.2. The summed E-state index contributed by atoms with van der Waals surface area (Å²) in [6.07, 6.45) is 1.69. The van der Waals surface area contributed by atoms with Gasteiger partial charge in [0.15, 0.2) is 0 Å². The average Bonchev–Trinajstić information content (AvgIpc) is 2.85. The van der Waals surface area contributed by atoms with E-state index in [9.17, 15) is 18.0 Å². The van der Waals surface area contributed by atoms with Crippen LogP contribution in [-0.4, -0.2) is 38.1 Å². The second kappa shape index (κ2) is 8.34. The van der Waals surface area contributed by atoms with Crippen LogP contribution in [0.1, 0.15) is 29.5 Å². The van der Waals surface area contributed by atoms with Crippen LogP contribution in [-0.2, 0) is 26.0 Å². The molecule has 154 valence electrons. The Kier molecular flexibility index (Phi) is 6.04. The number of nitrogens with one attached hydrogen (secondary N) is 2. The summed E-state index contributed by atoms with van der Waals surface area (Å²) in [6.45, 7) is 3.55. The number of amides is 2. The summed E-state index contributed by atoms with van der Waals surface area (Å²) < 4.78 is 26.9. The van der Waals surface area contributed by atoms with Gasteiger partial charge in [0.25, 0.3) is 0 Å². The quantitative estimate of drug-likeness (QED) is 0.785. The van der Waals surface area contributed by atoms with Crippen molar-refractivity contribution in [1.82, 2.24) is 4.31 Å². The molecular formula is C21H25N3O4S. The summed E-state index contributed by atoms with van der Waals surface area (Å²) in [5.41, 5.74) is 4.08. The SMILES string of the molecule is Cc1cccc(NC(=O)CN(C)S(=O)(=O)c2ccc3c(c2)CCCC(=O)N3)c1C. The number of benzene rings is 2. The van der Waals surface area contributed by atoms with Crippen LogP contribution in [0.25, 0.3) is 0 Å². The van der Waals surface area contributed by atoms with Gasteiger partial charge in [-0.2, -0.15) is 4.31 Å². The van der Waals surface area contributed by atoms with E-state index >= 15 is 0 Å². The van der Waals surface area contributed by atoms with Gasteiger partial charge in [-0.1, -0.05) is 12.1 Å². The molecule has 1 heterocycles. The fourth-order valence-corrected chi connectivity index (χ4v) is 4.43. The van der Waals surface area contributed by atoms with Crippen molar-refractivity contribution in [1.29, 1.82) is 0 Å². The van der Waals surface area contributed by atoms with Crippen LogP contribution < -0.4 is 10.6 Å². The van der Waals surface area contributed by atoms with E-state index in [4.69, 9.17) is 0 Å². The largest absolute Gasteiger partial charge is 0.326 e. The third-order valence-corrected chi connectivity index (χ3v) is 6.95. The Morgan fingerprint density at radius 1 is 1.17 bits per heavy atom. The number of carbonyl (C=O) groups excluding carboxylic acids is 2. The fraction of sp³-hybridized carbons (Fsp3) is 0.333. The van der Waals surface area contributed by atoms with E-state index in [1.165, 1.54) is 13.1 Å². The van der Waals surface area contributed by atoms with E-state index in [1.54, 1.807) is 18.2 Å². The number of fused-ring (bicyclic) bond motifs is 1. The van der Waals surface area contributed by atoms with Crippen molar-refractivity contribution in [3.63, 3.8) is 0 Å². The Balaban J connectivity index is 1.75. The predicted octanol–water partition coefficient (Wildman–Crippen LogP) is 2.84. The van der Waals surface area contributed by atoms with Crippen molar-refractivity contribution in [3.05, 3.63) is 53.1 Å². The molecule has 0 saturated carbocycles. The fourth-order valence-electron chi connectivity index (χ4n) is 3.25. The lowest BCUT2D eigenvalue weighted by Crippen LogP contribution is -2.35. The van der Waals surface area contributed by atoms with E-state index in [1.807, 2.05) is 26.0 Å². The Labute approximate surface area is 171 Å². The summed E-state index contributed by atoms with van der Waals surface area (Å²) >= 11 is 0. The third-order valence-electron chi connectivity index (χ3n) is 5.15. The molecule has 0 saturated heterocycles.